The maximum atomic E-state index is 5.97. The number of hydrogen-bond donors (Lipinski definition) is 2. The molecule has 3 N–H and O–H groups in total. The van der Waals surface area contributed by atoms with Crippen LogP contribution in [0.1, 0.15) is 11.1 Å². The van der Waals surface area contributed by atoms with E-state index in [0.29, 0.717) is 5.69 Å². The number of benzene rings is 1. The lowest BCUT2D eigenvalue weighted by atomic mass is 10.1. The van der Waals surface area contributed by atoms with Crippen molar-refractivity contribution in [2.45, 2.75) is 13.3 Å². The number of methoxy groups -OCH3 is 1. The second-order valence-electron chi connectivity index (χ2n) is 4.38. The summed E-state index contributed by atoms with van der Waals surface area (Å²) in [5.41, 5.74) is 8.89. The molecule has 0 radical (unpaired) electrons. The van der Waals surface area contributed by atoms with Gasteiger partial charge in [-0.2, -0.15) is 0 Å². The Hall–Kier alpha value is -2.23. The summed E-state index contributed by atoms with van der Waals surface area (Å²) in [6.45, 7) is 2.74. The predicted molar refractivity (Wildman–Crippen MR) is 78.6 cm³/mol. The van der Waals surface area contributed by atoms with E-state index in [4.69, 9.17) is 10.5 Å². The summed E-state index contributed by atoms with van der Waals surface area (Å²) in [5, 5.41) is 3.26. The minimum Gasteiger partial charge on any atom is -0.496 e. The summed E-state index contributed by atoms with van der Waals surface area (Å²) < 4.78 is 5.32. The number of hydrogen-bond acceptors (Lipinski definition) is 4. The highest BCUT2D eigenvalue weighted by atomic mass is 16.5. The third-order valence-corrected chi connectivity index (χ3v) is 3.09. The highest BCUT2D eigenvalue weighted by molar-refractivity contribution is 5.64. The SMILES string of the molecule is COc1ccccc1CCNc1nccc(C)c1N. The van der Waals surface area contributed by atoms with Crippen LogP contribution in [0.15, 0.2) is 36.5 Å². The van der Waals surface area contributed by atoms with Crippen molar-refractivity contribution in [1.82, 2.24) is 4.98 Å². The van der Waals surface area contributed by atoms with E-state index in [0.717, 1.165) is 30.1 Å². The standard InChI is InChI=1S/C15H19N3O/c1-11-7-9-17-15(14(11)16)18-10-8-12-5-3-4-6-13(12)19-2/h3-7,9H,8,10,16H2,1-2H3,(H,17,18). The second kappa shape index (κ2) is 6.09. The average Bonchev–Trinajstić information content (AvgIpc) is 2.44. The van der Waals surface area contributed by atoms with Crippen LogP contribution < -0.4 is 15.8 Å². The highest BCUT2D eigenvalue weighted by Crippen LogP contribution is 2.20. The van der Waals surface area contributed by atoms with Gasteiger partial charge in [0.1, 0.15) is 11.6 Å². The van der Waals surface area contributed by atoms with Gasteiger partial charge in [0.25, 0.3) is 0 Å². The molecule has 0 aliphatic heterocycles. The molecule has 0 spiro atoms. The third kappa shape index (κ3) is 3.16. The number of rotatable bonds is 5. The van der Waals surface area contributed by atoms with Crippen molar-refractivity contribution in [2.75, 3.05) is 24.7 Å². The molecule has 4 nitrogen and oxygen atoms in total. The van der Waals surface area contributed by atoms with Gasteiger partial charge >= 0.3 is 0 Å². The van der Waals surface area contributed by atoms with Gasteiger partial charge in [-0.1, -0.05) is 18.2 Å². The fourth-order valence-corrected chi connectivity index (χ4v) is 1.94. The summed E-state index contributed by atoms with van der Waals surface area (Å²) >= 11 is 0. The maximum Gasteiger partial charge on any atom is 0.149 e. The Balaban J connectivity index is 1.98. The molecular formula is C15H19N3O. The van der Waals surface area contributed by atoms with Gasteiger partial charge in [-0.25, -0.2) is 4.98 Å². The van der Waals surface area contributed by atoms with Gasteiger partial charge in [0.05, 0.1) is 12.8 Å². The zero-order valence-corrected chi connectivity index (χ0v) is 11.3. The molecule has 0 amide bonds. The number of pyridine rings is 1. The van der Waals surface area contributed by atoms with Crippen molar-refractivity contribution < 1.29 is 4.74 Å². The van der Waals surface area contributed by atoms with E-state index >= 15 is 0 Å². The molecule has 1 aromatic heterocycles. The Morgan fingerprint density at radius 1 is 1.26 bits per heavy atom. The molecule has 0 saturated carbocycles. The molecule has 2 aromatic rings. The molecule has 4 heteroatoms. The molecule has 0 aliphatic carbocycles. The molecule has 0 atom stereocenters. The number of aromatic nitrogens is 1. The lowest BCUT2D eigenvalue weighted by Crippen LogP contribution is -2.09. The van der Waals surface area contributed by atoms with Crippen molar-refractivity contribution >= 4 is 11.5 Å². The smallest absolute Gasteiger partial charge is 0.149 e. The first-order valence-electron chi connectivity index (χ1n) is 6.29. The average molecular weight is 257 g/mol. The summed E-state index contributed by atoms with van der Waals surface area (Å²) in [5.74, 6) is 1.66. The highest BCUT2D eigenvalue weighted by Gasteiger charge is 2.04. The zero-order valence-electron chi connectivity index (χ0n) is 11.3. The fourth-order valence-electron chi connectivity index (χ4n) is 1.94. The number of nitrogens with two attached hydrogens (primary N) is 1. The first-order valence-corrected chi connectivity index (χ1v) is 6.29. The summed E-state index contributed by atoms with van der Waals surface area (Å²) in [7, 11) is 1.69. The van der Waals surface area contributed by atoms with Crippen LogP contribution >= 0.6 is 0 Å². The first-order chi connectivity index (χ1) is 9.22. The summed E-state index contributed by atoms with van der Waals surface area (Å²) in [6, 6.07) is 9.91. The van der Waals surface area contributed by atoms with Gasteiger partial charge in [0.15, 0.2) is 0 Å². The van der Waals surface area contributed by atoms with Crippen molar-refractivity contribution in [3.8, 4) is 5.75 Å². The van der Waals surface area contributed by atoms with Gasteiger partial charge in [0.2, 0.25) is 0 Å². The molecule has 2 rings (SSSR count). The normalized spacial score (nSPS) is 10.2. The van der Waals surface area contributed by atoms with Crippen LogP contribution in [-0.4, -0.2) is 18.6 Å². The van der Waals surface area contributed by atoms with Crippen LogP contribution in [0.2, 0.25) is 0 Å². The Labute approximate surface area is 113 Å². The number of nitrogens with one attached hydrogen (secondary N) is 1. The van der Waals surface area contributed by atoms with Crippen LogP contribution in [0.5, 0.6) is 5.75 Å². The van der Waals surface area contributed by atoms with Crippen molar-refractivity contribution in [1.29, 1.82) is 0 Å². The van der Waals surface area contributed by atoms with Gasteiger partial charge in [-0.3, -0.25) is 0 Å². The lowest BCUT2D eigenvalue weighted by Gasteiger charge is -2.11. The van der Waals surface area contributed by atoms with Crippen LogP contribution in [0.4, 0.5) is 11.5 Å². The second-order valence-corrected chi connectivity index (χ2v) is 4.38. The quantitative estimate of drug-likeness (QED) is 0.864. The largest absolute Gasteiger partial charge is 0.496 e. The van der Waals surface area contributed by atoms with Crippen LogP contribution in [0, 0.1) is 6.92 Å². The van der Waals surface area contributed by atoms with Crippen molar-refractivity contribution in [3.05, 3.63) is 47.7 Å². The number of nitrogens with zero attached hydrogens (tertiary/aromatic N) is 1. The van der Waals surface area contributed by atoms with E-state index in [-0.39, 0.29) is 0 Å². The molecule has 0 aliphatic rings. The van der Waals surface area contributed by atoms with E-state index in [1.54, 1.807) is 13.3 Å². The molecule has 0 fully saturated rings. The van der Waals surface area contributed by atoms with Crippen LogP contribution in [0.3, 0.4) is 0 Å². The molecule has 0 saturated heterocycles. The van der Waals surface area contributed by atoms with Gasteiger partial charge < -0.3 is 15.8 Å². The Morgan fingerprint density at radius 2 is 2.05 bits per heavy atom. The minimum atomic E-state index is 0.711. The molecule has 1 heterocycles. The summed E-state index contributed by atoms with van der Waals surface area (Å²) in [4.78, 5) is 4.25. The monoisotopic (exact) mass is 257 g/mol. The first kappa shape index (κ1) is 13.2. The minimum absolute atomic E-state index is 0.711. The van der Waals surface area contributed by atoms with E-state index < -0.39 is 0 Å². The Bertz CT molecular complexity index is 555. The topological polar surface area (TPSA) is 60.2 Å². The lowest BCUT2D eigenvalue weighted by molar-refractivity contribution is 0.410. The van der Waals surface area contributed by atoms with E-state index in [9.17, 15) is 0 Å². The maximum absolute atomic E-state index is 5.97. The molecular weight excluding hydrogens is 238 g/mol. The summed E-state index contributed by atoms with van der Waals surface area (Å²) in [6.07, 6.45) is 2.62. The Kier molecular flexibility index (Phi) is 4.23. The molecule has 19 heavy (non-hydrogen) atoms. The van der Waals surface area contributed by atoms with E-state index in [1.807, 2.05) is 31.2 Å². The van der Waals surface area contributed by atoms with Crippen LogP contribution in [0.25, 0.3) is 0 Å². The van der Waals surface area contributed by atoms with Crippen molar-refractivity contribution in [3.63, 3.8) is 0 Å². The molecule has 0 bridgehead atoms. The fraction of sp³-hybridized carbons (Fsp3) is 0.267. The number of para-hydroxylation sites is 1. The Morgan fingerprint density at radius 3 is 2.84 bits per heavy atom. The number of anilines is 2. The number of aryl methyl sites for hydroxylation is 1. The van der Waals surface area contributed by atoms with Gasteiger partial charge in [-0.15, -0.1) is 0 Å². The molecule has 100 valence electrons. The third-order valence-electron chi connectivity index (χ3n) is 3.09. The molecule has 0 unspecified atom stereocenters. The number of ether oxygens (including phenoxy) is 1. The van der Waals surface area contributed by atoms with Crippen molar-refractivity contribution in [2.24, 2.45) is 0 Å². The molecule has 1 aromatic carbocycles. The van der Waals surface area contributed by atoms with E-state index in [2.05, 4.69) is 16.4 Å². The zero-order chi connectivity index (χ0) is 13.7. The predicted octanol–water partition coefficient (Wildman–Crippen LogP) is 2.64. The van der Waals surface area contributed by atoms with Gasteiger partial charge in [-0.05, 0) is 36.6 Å². The van der Waals surface area contributed by atoms with E-state index in [1.165, 1.54) is 5.56 Å². The van der Waals surface area contributed by atoms with Crippen LogP contribution in [-0.2, 0) is 6.42 Å². The number of nitrogen functional groups attached to an aromatic ring is 1. The van der Waals surface area contributed by atoms with Gasteiger partial charge in [0, 0.05) is 12.7 Å².